The van der Waals surface area contributed by atoms with Gasteiger partial charge in [0, 0.05) is 3.92 Å². The van der Waals surface area contributed by atoms with Gasteiger partial charge in [0.15, 0.2) is 0 Å². The van der Waals surface area contributed by atoms with Gasteiger partial charge < -0.3 is 10.2 Å². The number of aliphatic hydroxyl groups excluding tert-OH is 2. The Hall–Kier alpha value is 0.650. The third-order valence-electron chi connectivity index (χ3n) is 0.995. The van der Waals surface area contributed by atoms with Gasteiger partial charge in [0.05, 0.1) is 12.7 Å². The van der Waals surface area contributed by atoms with E-state index in [0.29, 0.717) is 0 Å². The van der Waals surface area contributed by atoms with Gasteiger partial charge in [-0.1, -0.05) is 29.5 Å². The van der Waals surface area contributed by atoms with Gasteiger partial charge in [-0.2, -0.15) is 0 Å². The molecule has 0 unspecified atom stereocenters. The average Bonchev–Trinajstić information content (AvgIpc) is 1.84. The number of hydrogen-bond donors (Lipinski definition) is 2. The summed E-state index contributed by atoms with van der Waals surface area (Å²) in [6.45, 7) is 1.86. The minimum Gasteiger partial charge on any atom is -0.394 e. The lowest BCUT2D eigenvalue weighted by Crippen LogP contribution is -2.23. The molecule has 50 valence electrons. The van der Waals surface area contributed by atoms with Crippen LogP contribution in [0.3, 0.4) is 0 Å². The van der Waals surface area contributed by atoms with Crippen LogP contribution in [0.25, 0.3) is 0 Å². The Morgan fingerprint density at radius 3 is 2.25 bits per heavy atom. The van der Waals surface area contributed by atoms with Gasteiger partial charge in [-0.25, -0.2) is 0 Å². The Bertz CT molecular complexity index is 50.4. The fourth-order valence-corrected chi connectivity index (χ4v) is 0.614. The van der Waals surface area contributed by atoms with Crippen molar-refractivity contribution < 1.29 is 10.2 Å². The summed E-state index contributed by atoms with van der Waals surface area (Å²) in [5.74, 6) is 0. The van der Waals surface area contributed by atoms with Crippen molar-refractivity contribution in [3.8, 4) is 0 Å². The van der Waals surface area contributed by atoms with Crippen LogP contribution in [-0.4, -0.2) is 26.8 Å². The van der Waals surface area contributed by atoms with E-state index in [1.54, 1.807) is 0 Å². The van der Waals surface area contributed by atoms with E-state index in [-0.39, 0.29) is 10.5 Å². The minimum atomic E-state index is -0.541. The highest BCUT2D eigenvalue weighted by Gasteiger charge is 2.10. The molecule has 0 aliphatic heterocycles. The predicted molar refractivity (Wildman–Crippen MR) is 41.2 cm³/mol. The number of alkyl halides is 1. The molecular weight excluding hydrogens is 219 g/mol. The fraction of sp³-hybridized carbons (Fsp3) is 1.00. The molecule has 0 aliphatic carbocycles. The quantitative estimate of drug-likeness (QED) is 0.549. The minimum absolute atomic E-state index is 0.124. The monoisotopic (exact) mass is 230 g/mol. The van der Waals surface area contributed by atoms with Crippen molar-refractivity contribution in [2.75, 3.05) is 6.61 Å². The summed E-state index contributed by atoms with van der Waals surface area (Å²) in [7, 11) is 0. The molecule has 2 nitrogen and oxygen atoms in total. The summed E-state index contributed by atoms with van der Waals surface area (Å²) in [4.78, 5) is 0. The normalized spacial score (nSPS) is 18.0. The third-order valence-corrected chi connectivity index (χ3v) is 2.71. The first-order chi connectivity index (χ1) is 3.72. The van der Waals surface area contributed by atoms with Crippen LogP contribution < -0.4 is 0 Å². The third kappa shape index (κ3) is 2.84. The Labute approximate surface area is 63.0 Å². The molecule has 0 heterocycles. The molecule has 0 saturated carbocycles. The van der Waals surface area contributed by atoms with Gasteiger partial charge in [0.2, 0.25) is 0 Å². The maximum atomic E-state index is 8.87. The second kappa shape index (κ2) is 4.52. The predicted octanol–water partition coefficient (Wildman–Crippen LogP) is 0.553. The molecule has 0 fully saturated rings. The first-order valence-electron chi connectivity index (χ1n) is 2.65. The maximum Gasteiger partial charge on any atom is 0.0888 e. The van der Waals surface area contributed by atoms with Gasteiger partial charge in [0.1, 0.15) is 0 Å². The van der Waals surface area contributed by atoms with Crippen LogP contribution in [0.2, 0.25) is 0 Å². The van der Waals surface area contributed by atoms with Crippen molar-refractivity contribution in [2.45, 2.75) is 23.4 Å². The number of rotatable bonds is 3. The van der Waals surface area contributed by atoms with E-state index in [1.807, 2.05) is 6.92 Å². The highest BCUT2D eigenvalue weighted by molar-refractivity contribution is 14.1. The van der Waals surface area contributed by atoms with Gasteiger partial charge in [0.25, 0.3) is 0 Å². The van der Waals surface area contributed by atoms with Crippen molar-refractivity contribution in [2.24, 2.45) is 0 Å². The molecule has 8 heavy (non-hydrogen) atoms. The van der Waals surface area contributed by atoms with Crippen LogP contribution in [0, 0.1) is 0 Å². The van der Waals surface area contributed by atoms with Gasteiger partial charge >= 0.3 is 0 Å². The molecule has 0 aromatic heterocycles. The second-order valence-electron chi connectivity index (χ2n) is 1.67. The van der Waals surface area contributed by atoms with Crippen molar-refractivity contribution in [1.29, 1.82) is 0 Å². The number of hydrogen-bond acceptors (Lipinski definition) is 2. The molecule has 2 N–H and O–H groups in total. The molecule has 0 aliphatic rings. The van der Waals surface area contributed by atoms with E-state index in [2.05, 4.69) is 22.6 Å². The average molecular weight is 230 g/mol. The molecule has 0 aromatic carbocycles. The lowest BCUT2D eigenvalue weighted by molar-refractivity contribution is 0.0958. The molecule has 0 aromatic rings. The lowest BCUT2D eigenvalue weighted by Gasteiger charge is -2.10. The first kappa shape index (κ1) is 8.65. The van der Waals surface area contributed by atoms with Crippen LogP contribution >= 0.6 is 22.6 Å². The SMILES string of the molecule is CC[C@H](I)[C@H](O)CO. The van der Waals surface area contributed by atoms with E-state index in [9.17, 15) is 0 Å². The molecule has 0 spiro atoms. The standard InChI is InChI=1S/C5H11IO2/c1-2-4(6)5(8)3-7/h4-5,7-8H,2-3H2,1H3/t4-,5+/m0/s1. The number of halogens is 1. The van der Waals surface area contributed by atoms with Crippen LogP contribution in [0.5, 0.6) is 0 Å². The molecule has 0 rings (SSSR count). The highest BCUT2D eigenvalue weighted by atomic mass is 127. The smallest absolute Gasteiger partial charge is 0.0888 e. The van der Waals surface area contributed by atoms with Crippen LogP contribution in [0.1, 0.15) is 13.3 Å². The number of aliphatic hydroxyl groups is 2. The molecule has 0 saturated heterocycles. The zero-order valence-electron chi connectivity index (χ0n) is 4.84. The van der Waals surface area contributed by atoms with Crippen LogP contribution in [0.4, 0.5) is 0 Å². The van der Waals surface area contributed by atoms with E-state index in [1.165, 1.54) is 0 Å². The van der Waals surface area contributed by atoms with E-state index in [0.717, 1.165) is 6.42 Å². The Balaban J connectivity index is 3.29. The van der Waals surface area contributed by atoms with Crippen LogP contribution in [0.15, 0.2) is 0 Å². The van der Waals surface area contributed by atoms with Crippen LogP contribution in [-0.2, 0) is 0 Å². The summed E-state index contributed by atoms with van der Waals surface area (Å²) in [5, 5.41) is 17.3. The molecule has 0 bridgehead atoms. The molecule has 2 atom stereocenters. The lowest BCUT2D eigenvalue weighted by atomic mass is 10.2. The van der Waals surface area contributed by atoms with Crippen molar-refractivity contribution in [3.63, 3.8) is 0 Å². The van der Waals surface area contributed by atoms with E-state index < -0.39 is 6.10 Å². The molecule has 3 heteroatoms. The van der Waals surface area contributed by atoms with E-state index in [4.69, 9.17) is 10.2 Å². The largest absolute Gasteiger partial charge is 0.394 e. The molecule has 0 amide bonds. The molecule has 0 radical (unpaired) electrons. The Kier molecular flexibility index (Phi) is 4.89. The van der Waals surface area contributed by atoms with Crippen molar-refractivity contribution >= 4 is 22.6 Å². The Morgan fingerprint density at radius 1 is 1.62 bits per heavy atom. The maximum absolute atomic E-state index is 8.87. The summed E-state index contributed by atoms with van der Waals surface area (Å²) >= 11 is 2.12. The van der Waals surface area contributed by atoms with Crippen molar-refractivity contribution in [3.05, 3.63) is 0 Å². The van der Waals surface area contributed by atoms with Crippen molar-refractivity contribution in [1.82, 2.24) is 0 Å². The van der Waals surface area contributed by atoms with Gasteiger partial charge in [-0.3, -0.25) is 0 Å². The summed E-state index contributed by atoms with van der Waals surface area (Å²) in [5.41, 5.74) is 0. The summed E-state index contributed by atoms with van der Waals surface area (Å²) < 4.78 is 0.192. The zero-order valence-corrected chi connectivity index (χ0v) is 7.00. The van der Waals surface area contributed by atoms with E-state index >= 15 is 0 Å². The molecular formula is C5H11IO2. The van der Waals surface area contributed by atoms with Gasteiger partial charge in [-0.15, -0.1) is 0 Å². The first-order valence-corrected chi connectivity index (χ1v) is 3.90. The fourth-order valence-electron chi connectivity index (χ4n) is 0.386. The Morgan fingerprint density at radius 2 is 2.12 bits per heavy atom. The highest BCUT2D eigenvalue weighted by Crippen LogP contribution is 2.09. The topological polar surface area (TPSA) is 40.5 Å². The summed E-state index contributed by atoms with van der Waals surface area (Å²) in [6, 6.07) is 0. The zero-order chi connectivity index (χ0) is 6.57. The second-order valence-corrected chi connectivity index (χ2v) is 3.27. The summed E-state index contributed by atoms with van der Waals surface area (Å²) in [6.07, 6.45) is 0.364. The van der Waals surface area contributed by atoms with Gasteiger partial charge in [-0.05, 0) is 6.42 Å².